The van der Waals surface area contributed by atoms with E-state index < -0.39 is 0 Å². The van der Waals surface area contributed by atoms with Crippen LogP contribution in [0.25, 0.3) is 0 Å². The molecule has 1 unspecified atom stereocenters. The first-order valence-corrected chi connectivity index (χ1v) is 6.02. The van der Waals surface area contributed by atoms with Crippen LogP contribution in [-0.4, -0.2) is 49.7 Å². The zero-order chi connectivity index (χ0) is 12.8. The molecule has 0 aliphatic carbocycles. The van der Waals surface area contributed by atoms with Gasteiger partial charge in [0.05, 0.1) is 25.7 Å². The van der Waals surface area contributed by atoms with Crippen molar-refractivity contribution in [2.45, 2.75) is 32.8 Å². The molecule has 1 aliphatic heterocycles. The summed E-state index contributed by atoms with van der Waals surface area (Å²) >= 11 is 0. The molecule has 0 spiro atoms. The van der Waals surface area contributed by atoms with Gasteiger partial charge in [-0.25, -0.2) is 0 Å². The Labute approximate surface area is 102 Å². The lowest BCUT2D eigenvalue weighted by Gasteiger charge is -2.30. The summed E-state index contributed by atoms with van der Waals surface area (Å²) in [5.74, 6) is -0.530. The molecule has 0 aromatic carbocycles. The van der Waals surface area contributed by atoms with Crippen molar-refractivity contribution in [3.8, 4) is 0 Å². The second-order valence-corrected chi connectivity index (χ2v) is 4.64. The van der Waals surface area contributed by atoms with Gasteiger partial charge < -0.3 is 9.47 Å². The summed E-state index contributed by atoms with van der Waals surface area (Å²) in [5, 5.41) is 0. The highest BCUT2D eigenvalue weighted by atomic mass is 16.5. The molecular formula is C12H21NO4. The maximum absolute atomic E-state index is 11.5. The van der Waals surface area contributed by atoms with E-state index in [2.05, 4.69) is 0 Å². The van der Waals surface area contributed by atoms with Gasteiger partial charge in [-0.15, -0.1) is 0 Å². The summed E-state index contributed by atoms with van der Waals surface area (Å²) in [4.78, 5) is 24.9. The average molecular weight is 243 g/mol. The average Bonchev–Trinajstić information content (AvgIpc) is 2.27. The quantitative estimate of drug-likeness (QED) is 0.684. The van der Waals surface area contributed by atoms with E-state index in [0.29, 0.717) is 6.54 Å². The van der Waals surface area contributed by atoms with Gasteiger partial charge in [0.15, 0.2) is 0 Å². The Morgan fingerprint density at radius 3 is 2.71 bits per heavy atom. The minimum Gasteiger partial charge on any atom is -0.469 e. The third-order valence-corrected chi connectivity index (χ3v) is 2.76. The fraction of sp³-hybridized carbons (Fsp3) is 0.833. The summed E-state index contributed by atoms with van der Waals surface area (Å²) in [6, 6.07) is 0. The zero-order valence-corrected chi connectivity index (χ0v) is 10.8. The first-order valence-electron chi connectivity index (χ1n) is 6.02. The van der Waals surface area contributed by atoms with Crippen LogP contribution in [-0.2, 0) is 19.1 Å². The maximum Gasteiger partial charge on any atom is 0.320 e. The van der Waals surface area contributed by atoms with E-state index in [0.717, 1.165) is 19.4 Å². The number of nitrogens with zero attached hydrogens (tertiary/aromatic N) is 1. The van der Waals surface area contributed by atoms with Crippen LogP contribution in [0.4, 0.5) is 0 Å². The van der Waals surface area contributed by atoms with Crippen LogP contribution in [0.2, 0.25) is 0 Å². The second-order valence-electron chi connectivity index (χ2n) is 4.64. The van der Waals surface area contributed by atoms with E-state index in [1.807, 2.05) is 18.7 Å². The van der Waals surface area contributed by atoms with Crippen LogP contribution in [0.5, 0.6) is 0 Å². The molecule has 1 atom stereocenters. The monoisotopic (exact) mass is 243 g/mol. The molecule has 1 rings (SSSR count). The topological polar surface area (TPSA) is 55.8 Å². The van der Waals surface area contributed by atoms with E-state index in [9.17, 15) is 9.59 Å². The smallest absolute Gasteiger partial charge is 0.320 e. The van der Waals surface area contributed by atoms with E-state index in [1.54, 1.807) is 0 Å². The molecule has 5 heteroatoms. The number of rotatable bonds is 4. The standard InChI is InChI=1S/C12H21NO4/c1-9(2)17-11(14)8-13-6-4-5-10(7-13)12(15)16-3/h9-10H,4-8H2,1-3H3. The van der Waals surface area contributed by atoms with Crippen LogP contribution < -0.4 is 0 Å². The first-order chi connectivity index (χ1) is 8.02. The van der Waals surface area contributed by atoms with E-state index >= 15 is 0 Å². The summed E-state index contributed by atoms with van der Waals surface area (Å²) in [6.07, 6.45) is 1.65. The number of carbonyl (C=O) groups excluding carboxylic acids is 2. The van der Waals surface area contributed by atoms with Gasteiger partial charge in [-0.3, -0.25) is 14.5 Å². The molecule has 1 heterocycles. The molecule has 98 valence electrons. The van der Waals surface area contributed by atoms with Gasteiger partial charge in [0.1, 0.15) is 0 Å². The fourth-order valence-electron chi connectivity index (χ4n) is 2.04. The molecule has 0 aromatic heterocycles. The lowest BCUT2D eigenvalue weighted by molar-refractivity contribution is -0.152. The minimum absolute atomic E-state index is 0.0938. The Kier molecular flexibility index (Phi) is 5.41. The Balaban J connectivity index is 2.39. The summed E-state index contributed by atoms with van der Waals surface area (Å²) in [7, 11) is 1.40. The maximum atomic E-state index is 11.5. The highest BCUT2D eigenvalue weighted by Crippen LogP contribution is 2.17. The predicted molar refractivity (Wildman–Crippen MR) is 62.4 cm³/mol. The van der Waals surface area contributed by atoms with Crippen molar-refractivity contribution in [1.82, 2.24) is 4.90 Å². The van der Waals surface area contributed by atoms with Crippen molar-refractivity contribution in [2.75, 3.05) is 26.7 Å². The Hall–Kier alpha value is -1.10. The number of piperidine rings is 1. The number of hydrogen-bond acceptors (Lipinski definition) is 5. The number of hydrogen-bond donors (Lipinski definition) is 0. The molecule has 1 saturated heterocycles. The molecule has 1 aliphatic rings. The number of ether oxygens (including phenoxy) is 2. The van der Waals surface area contributed by atoms with Crippen molar-refractivity contribution < 1.29 is 19.1 Å². The van der Waals surface area contributed by atoms with Gasteiger partial charge in [-0.1, -0.05) is 0 Å². The fourth-order valence-corrected chi connectivity index (χ4v) is 2.04. The van der Waals surface area contributed by atoms with E-state index in [4.69, 9.17) is 9.47 Å². The van der Waals surface area contributed by atoms with Gasteiger partial charge >= 0.3 is 11.9 Å². The summed E-state index contributed by atoms with van der Waals surface area (Å²) in [5.41, 5.74) is 0. The molecule has 17 heavy (non-hydrogen) atoms. The zero-order valence-electron chi connectivity index (χ0n) is 10.8. The number of carbonyl (C=O) groups is 2. The lowest BCUT2D eigenvalue weighted by atomic mass is 9.98. The molecule has 1 fully saturated rings. The molecule has 5 nitrogen and oxygen atoms in total. The number of esters is 2. The predicted octanol–water partition coefficient (Wildman–Crippen LogP) is 0.823. The summed E-state index contributed by atoms with van der Waals surface area (Å²) in [6.45, 7) is 5.32. The first kappa shape index (κ1) is 14.0. The Morgan fingerprint density at radius 2 is 2.12 bits per heavy atom. The normalized spacial score (nSPS) is 21.3. The number of likely N-dealkylation sites (tertiary alicyclic amines) is 1. The van der Waals surface area contributed by atoms with Crippen LogP contribution in [0.3, 0.4) is 0 Å². The van der Waals surface area contributed by atoms with Gasteiger partial charge in [0, 0.05) is 6.54 Å². The molecule has 0 amide bonds. The van der Waals surface area contributed by atoms with Gasteiger partial charge in [0.25, 0.3) is 0 Å². The van der Waals surface area contributed by atoms with Crippen LogP contribution in [0.15, 0.2) is 0 Å². The van der Waals surface area contributed by atoms with Crippen LogP contribution in [0.1, 0.15) is 26.7 Å². The van der Waals surface area contributed by atoms with Gasteiger partial charge in [-0.05, 0) is 33.2 Å². The highest BCUT2D eigenvalue weighted by Gasteiger charge is 2.27. The van der Waals surface area contributed by atoms with Crippen molar-refractivity contribution in [2.24, 2.45) is 5.92 Å². The molecule has 0 aromatic rings. The Bertz CT molecular complexity index is 278. The third-order valence-electron chi connectivity index (χ3n) is 2.76. The molecule has 0 saturated carbocycles. The summed E-state index contributed by atoms with van der Waals surface area (Å²) < 4.78 is 9.80. The Morgan fingerprint density at radius 1 is 1.41 bits per heavy atom. The van der Waals surface area contributed by atoms with E-state index in [-0.39, 0.29) is 30.5 Å². The van der Waals surface area contributed by atoms with Gasteiger partial charge in [0.2, 0.25) is 0 Å². The third kappa shape index (κ3) is 4.73. The van der Waals surface area contributed by atoms with Crippen LogP contribution >= 0.6 is 0 Å². The van der Waals surface area contributed by atoms with Gasteiger partial charge in [-0.2, -0.15) is 0 Å². The molecule has 0 bridgehead atoms. The molecule has 0 N–H and O–H groups in total. The molecular weight excluding hydrogens is 222 g/mol. The van der Waals surface area contributed by atoms with Crippen LogP contribution in [0, 0.1) is 5.92 Å². The molecule has 0 radical (unpaired) electrons. The van der Waals surface area contributed by atoms with Crippen molar-refractivity contribution in [1.29, 1.82) is 0 Å². The van der Waals surface area contributed by atoms with Crippen molar-refractivity contribution in [3.63, 3.8) is 0 Å². The second kappa shape index (κ2) is 6.59. The number of methoxy groups -OCH3 is 1. The van der Waals surface area contributed by atoms with Crippen molar-refractivity contribution in [3.05, 3.63) is 0 Å². The highest BCUT2D eigenvalue weighted by molar-refractivity contribution is 5.73. The largest absolute Gasteiger partial charge is 0.469 e. The SMILES string of the molecule is COC(=O)C1CCCN(CC(=O)OC(C)C)C1. The van der Waals surface area contributed by atoms with Crippen molar-refractivity contribution >= 4 is 11.9 Å². The van der Waals surface area contributed by atoms with E-state index in [1.165, 1.54) is 7.11 Å². The lowest BCUT2D eigenvalue weighted by Crippen LogP contribution is -2.42. The minimum atomic E-state index is -0.231.